The van der Waals surface area contributed by atoms with Gasteiger partial charge in [0, 0.05) is 4.90 Å². The van der Waals surface area contributed by atoms with Gasteiger partial charge >= 0.3 is 0 Å². The van der Waals surface area contributed by atoms with Gasteiger partial charge in [-0.05, 0) is 38.1 Å². The van der Waals surface area contributed by atoms with Crippen molar-refractivity contribution in [3.05, 3.63) is 41.8 Å². The van der Waals surface area contributed by atoms with E-state index >= 15 is 0 Å². The van der Waals surface area contributed by atoms with Gasteiger partial charge in [-0.2, -0.15) is 4.98 Å². The van der Waals surface area contributed by atoms with Gasteiger partial charge in [-0.25, -0.2) is 4.39 Å². The smallest absolute Gasteiger partial charge is 0.243 e. The lowest BCUT2D eigenvalue weighted by Gasteiger charge is -2.06. The van der Waals surface area contributed by atoms with Crippen LogP contribution in [-0.2, 0) is 5.75 Å². The molecule has 0 aliphatic heterocycles. The largest absolute Gasteiger partial charge is 0.338 e. The maximum Gasteiger partial charge on any atom is 0.243 e. The zero-order valence-corrected chi connectivity index (χ0v) is 12.4. The Morgan fingerprint density at radius 2 is 2.30 bits per heavy atom. The summed E-state index contributed by atoms with van der Waals surface area (Å²) in [6.45, 7) is 5.01. The van der Waals surface area contributed by atoms with Crippen molar-refractivity contribution in [3.63, 3.8) is 0 Å². The summed E-state index contributed by atoms with van der Waals surface area (Å²) in [5, 5.41) is 7.23. The number of aromatic nitrogens is 2. The molecule has 2 rings (SSSR count). The average molecular weight is 295 g/mol. The Bertz CT molecular complexity index is 547. The highest BCUT2D eigenvalue weighted by atomic mass is 32.2. The van der Waals surface area contributed by atoms with Crippen LogP contribution in [-0.4, -0.2) is 16.7 Å². The first-order chi connectivity index (χ1) is 9.69. The number of hydrogen-bond donors (Lipinski definition) is 1. The molecule has 0 radical (unpaired) electrons. The van der Waals surface area contributed by atoms with Gasteiger partial charge in [-0.15, -0.1) is 11.8 Å². The van der Waals surface area contributed by atoms with Gasteiger partial charge in [-0.3, -0.25) is 0 Å². The third-order valence-corrected chi connectivity index (χ3v) is 3.71. The van der Waals surface area contributed by atoms with Crippen LogP contribution in [0.1, 0.15) is 38.0 Å². The van der Waals surface area contributed by atoms with E-state index in [-0.39, 0.29) is 11.9 Å². The van der Waals surface area contributed by atoms with Gasteiger partial charge in [0.05, 0.1) is 11.8 Å². The number of nitrogens with zero attached hydrogens (tertiary/aromatic N) is 2. The highest BCUT2D eigenvalue weighted by Crippen LogP contribution is 2.22. The van der Waals surface area contributed by atoms with Crippen molar-refractivity contribution in [1.29, 1.82) is 0 Å². The molecule has 0 spiro atoms. The van der Waals surface area contributed by atoms with Gasteiger partial charge in [0.2, 0.25) is 5.89 Å². The minimum Gasteiger partial charge on any atom is -0.338 e. The molecule has 0 amide bonds. The molecule has 2 aromatic rings. The number of thioether (sulfide) groups is 1. The molecule has 0 bridgehead atoms. The highest BCUT2D eigenvalue weighted by molar-refractivity contribution is 7.98. The minimum absolute atomic E-state index is 0.0513. The van der Waals surface area contributed by atoms with Gasteiger partial charge in [0.1, 0.15) is 5.82 Å². The molecule has 4 nitrogen and oxygen atoms in total. The number of rotatable bonds is 7. The summed E-state index contributed by atoms with van der Waals surface area (Å²) in [5.41, 5.74) is 0. The van der Waals surface area contributed by atoms with E-state index in [4.69, 9.17) is 4.52 Å². The number of halogens is 1. The fraction of sp³-hybridized carbons (Fsp3) is 0.429. The molecule has 1 aromatic carbocycles. The lowest BCUT2D eigenvalue weighted by molar-refractivity contribution is 0.337. The van der Waals surface area contributed by atoms with Crippen molar-refractivity contribution >= 4 is 11.8 Å². The zero-order valence-electron chi connectivity index (χ0n) is 11.6. The first kappa shape index (κ1) is 15.0. The molecule has 1 atom stereocenters. The number of hydrogen-bond acceptors (Lipinski definition) is 5. The van der Waals surface area contributed by atoms with E-state index in [0.29, 0.717) is 17.5 Å². The Morgan fingerprint density at radius 3 is 3.05 bits per heavy atom. The van der Waals surface area contributed by atoms with Crippen LogP contribution >= 0.6 is 11.8 Å². The molecule has 0 saturated heterocycles. The summed E-state index contributed by atoms with van der Waals surface area (Å²) >= 11 is 1.49. The summed E-state index contributed by atoms with van der Waals surface area (Å²) in [6, 6.07) is 6.53. The summed E-state index contributed by atoms with van der Waals surface area (Å²) in [4.78, 5) is 5.20. The predicted octanol–water partition coefficient (Wildman–Crippen LogP) is 3.56. The van der Waals surface area contributed by atoms with Crippen LogP contribution in [0.2, 0.25) is 0 Å². The van der Waals surface area contributed by atoms with Crippen LogP contribution in [0.5, 0.6) is 0 Å². The molecular formula is C14H18FN3OS. The van der Waals surface area contributed by atoms with E-state index in [1.807, 2.05) is 13.0 Å². The van der Waals surface area contributed by atoms with Crippen LogP contribution in [0.15, 0.2) is 33.7 Å². The highest BCUT2D eigenvalue weighted by Gasteiger charge is 2.13. The van der Waals surface area contributed by atoms with Gasteiger partial charge < -0.3 is 9.84 Å². The molecule has 1 heterocycles. The van der Waals surface area contributed by atoms with Crippen LogP contribution in [0.25, 0.3) is 0 Å². The van der Waals surface area contributed by atoms with E-state index < -0.39 is 0 Å². The average Bonchev–Trinajstić information content (AvgIpc) is 2.91. The Kier molecular flexibility index (Phi) is 5.55. The van der Waals surface area contributed by atoms with Gasteiger partial charge in [0.25, 0.3) is 0 Å². The lowest BCUT2D eigenvalue weighted by atomic mass is 10.3. The second kappa shape index (κ2) is 7.40. The molecule has 1 unspecified atom stereocenters. The molecule has 108 valence electrons. The standard InChI is InChI=1S/C14H18FN3OS/c1-3-7-16-10(2)14-17-13(18-19-14)9-20-12-6-4-5-11(15)8-12/h4-6,8,10,16H,3,7,9H2,1-2H3. The van der Waals surface area contributed by atoms with Crippen molar-refractivity contribution in [3.8, 4) is 0 Å². The van der Waals surface area contributed by atoms with Crippen LogP contribution in [0.3, 0.4) is 0 Å². The van der Waals surface area contributed by atoms with Crippen molar-refractivity contribution in [2.45, 2.75) is 37.0 Å². The third-order valence-electron chi connectivity index (χ3n) is 2.72. The molecule has 1 N–H and O–H groups in total. The molecular weight excluding hydrogens is 277 g/mol. The SMILES string of the molecule is CCCNC(C)c1nc(CSc2cccc(F)c2)no1. The molecule has 6 heteroatoms. The van der Waals surface area contributed by atoms with Gasteiger partial charge in [-0.1, -0.05) is 18.1 Å². The predicted molar refractivity (Wildman–Crippen MR) is 77.0 cm³/mol. The molecule has 0 aliphatic rings. The lowest BCUT2D eigenvalue weighted by Crippen LogP contribution is -2.19. The van der Waals surface area contributed by atoms with Crippen LogP contribution in [0.4, 0.5) is 4.39 Å². The first-order valence-corrected chi connectivity index (χ1v) is 7.62. The Balaban J connectivity index is 1.89. The Labute approximate surface area is 122 Å². The van der Waals surface area contributed by atoms with Crippen molar-refractivity contribution < 1.29 is 8.91 Å². The topological polar surface area (TPSA) is 51.0 Å². The van der Waals surface area contributed by atoms with Crippen molar-refractivity contribution in [2.24, 2.45) is 0 Å². The number of benzene rings is 1. The van der Waals surface area contributed by atoms with E-state index in [1.54, 1.807) is 6.07 Å². The third kappa shape index (κ3) is 4.31. The molecule has 0 fully saturated rings. The quantitative estimate of drug-likeness (QED) is 0.791. The molecule has 0 saturated carbocycles. The van der Waals surface area contributed by atoms with Crippen molar-refractivity contribution in [2.75, 3.05) is 6.54 Å². The van der Waals surface area contributed by atoms with Crippen LogP contribution < -0.4 is 5.32 Å². The number of nitrogens with one attached hydrogen (secondary N) is 1. The second-order valence-corrected chi connectivity index (χ2v) is 5.52. The first-order valence-electron chi connectivity index (χ1n) is 6.63. The van der Waals surface area contributed by atoms with Gasteiger partial charge in [0.15, 0.2) is 5.82 Å². The molecule has 0 aliphatic carbocycles. The fourth-order valence-corrected chi connectivity index (χ4v) is 2.44. The summed E-state index contributed by atoms with van der Waals surface area (Å²) < 4.78 is 18.3. The Hall–Kier alpha value is -1.40. The summed E-state index contributed by atoms with van der Waals surface area (Å²) in [6.07, 6.45) is 1.06. The summed E-state index contributed by atoms with van der Waals surface area (Å²) in [7, 11) is 0. The minimum atomic E-state index is -0.235. The van der Waals surface area contributed by atoms with Crippen LogP contribution in [0, 0.1) is 5.82 Å². The van der Waals surface area contributed by atoms with E-state index in [1.165, 1.54) is 23.9 Å². The van der Waals surface area contributed by atoms with E-state index in [0.717, 1.165) is 17.9 Å². The second-order valence-electron chi connectivity index (χ2n) is 4.47. The van der Waals surface area contributed by atoms with Crippen molar-refractivity contribution in [1.82, 2.24) is 15.5 Å². The Morgan fingerprint density at radius 1 is 1.45 bits per heavy atom. The normalized spacial score (nSPS) is 12.6. The molecule has 1 aromatic heterocycles. The summed E-state index contributed by atoms with van der Waals surface area (Å²) in [5.74, 6) is 1.54. The maximum absolute atomic E-state index is 13.0. The fourth-order valence-electron chi connectivity index (χ4n) is 1.65. The van der Waals surface area contributed by atoms with E-state index in [9.17, 15) is 4.39 Å². The monoisotopic (exact) mass is 295 g/mol. The van der Waals surface area contributed by atoms with E-state index in [2.05, 4.69) is 22.4 Å². The molecule has 20 heavy (non-hydrogen) atoms. The zero-order chi connectivity index (χ0) is 14.4. The maximum atomic E-state index is 13.0.